The third-order valence-corrected chi connectivity index (χ3v) is 2.06. The third kappa shape index (κ3) is 2.10. The summed E-state index contributed by atoms with van der Waals surface area (Å²) in [5.41, 5.74) is 1.96. The van der Waals surface area contributed by atoms with Gasteiger partial charge in [0, 0.05) is 30.2 Å². The Morgan fingerprint density at radius 1 is 1.07 bits per heavy atom. The van der Waals surface area contributed by atoms with Crippen LogP contribution in [0.25, 0.3) is 11.1 Å². The number of nitrogens with zero attached hydrogens (tertiary/aromatic N) is 3. The fourth-order valence-electron chi connectivity index (χ4n) is 1.24. The summed E-state index contributed by atoms with van der Waals surface area (Å²) in [5.74, 6) is 1.35. The van der Waals surface area contributed by atoms with Crippen LogP contribution in [-0.4, -0.2) is 22.1 Å². The molecule has 0 unspecified atom stereocenters. The zero-order chi connectivity index (χ0) is 10.7. The Bertz CT molecular complexity index is 454. The molecule has 0 saturated carbocycles. The van der Waals surface area contributed by atoms with Crippen molar-refractivity contribution in [2.24, 2.45) is 0 Å². The van der Waals surface area contributed by atoms with E-state index in [0.717, 1.165) is 17.0 Å². The van der Waals surface area contributed by atoms with Crippen molar-refractivity contribution in [3.63, 3.8) is 0 Å². The molecule has 0 bridgehead atoms. The van der Waals surface area contributed by atoms with Crippen molar-refractivity contribution in [3.8, 4) is 17.0 Å². The molecule has 76 valence electrons. The molecular formula is C11H11N3O. The quantitative estimate of drug-likeness (QED) is 0.744. The highest BCUT2D eigenvalue weighted by atomic mass is 16.5. The number of aryl methyl sites for hydroxylation is 1. The zero-order valence-electron chi connectivity index (χ0n) is 8.64. The first-order chi connectivity index (χ1) is 7.29. The molecule has 4 nitrogen and oxygen atoms in total. The minimum Gasteiger partial charge on any atom is -0.481 e. The van der Waals surface area contributed by atoms with Crippen molar-refractivity contribution in [1.29, 1.82) is 0 Å². The van der Waals surface area contributed by atoms with Crippen LogP contribution in [0.15, 0.2) is 30.7 Å². The van der Waals surface area contributed by atoms with Crippen LogP contribution in [0.1, 0.15) is 5.82 Å². The number of ether oxygens (including phenoxy) is 1. The second-order valence-electron chi connectivity index (χ2n) is 3.11. The topological polar surface area (TPSA) is 47.9 Å². The number of hydrogen-bond acceptors (Lipinski definition) is 4. The van der Waals surface area contributed by atoms with Gasteiger partial charge in [-0.15, -0.1) is 0 Å². The molecule has 0 atom stereocenters. The van der Waals surface area contributed by atoms with Gasteiger partial charge < -0.3 is 4.74 Å². The van der Waals surface area contributed by atoms with E-state index < -0.39 is 0 Å². The van der Waals surface area contributed by atoms with Crippen LogP contribution in [0.4, 0.5) is 0 Å². The molecule has 0 amide bonds. The summed E-state index contributed by atoms with van der Waals surface area (Å²) in [4.78, 5) is 12.3. The maximum absolute atomic E-state index is 5.05. The van der Waals surface area contributed by atoms with E-state index in [1.54, 1.807) is 25.7 Å². The van der Waals surface area contributed by atoms with Gasteiger partial charge >= 0.3 is 0 Å². The van der Waals surface area contributed by atoms with Crippen LogP contribution < -0.4 is 4.74 Å². The number of pyridine rings is 1. The van der Waals surface area contributed by atoms with E-state index in [-0.39, 0.29) is 0 Å². The highest BCUT2D eigenvalue weighted by molar-refractivity contribution is 5.61. The Hall–Kier alpha value is -1.97. The number of methoxy groups -OCH3 is 1. The summed E-state index contributed by atoms with van der Waals surface area (Å²) in [5, 5.41) is 0. The lowest BCUT2D eigenvalue weighted by atomic mass is 10.1. The number of rotatable bonds is 2. The molecule has 2 rings (SSSR count). The number of aromatic nitrogens is 3. The van der Waals surface area contributed by atoms with Gasteiger partial charge in [-0.25, -0.2) is 15.0 Å². The molecule has 4 heteroatoms. The SMILES string of the molecule is COc1cc(-c2cnc(C)nc2)ccn1. The Labute approximate surface area is 88.0 Å². The normalized spacial score (nSPS) is 10.0. The lowest BCUT2D eigenvalue weighted by molar-refractivity contribution is 0.398. The summed E-state index contributed by atoms with van der Waals surface area (Å²) >= 11 is 0. The Kier molecular flexibility index (Phi) is 2.58. The van der Waals surface area contributed by atoms with E-state index in [1.165, 1.54) is 0 Å². The first kappa shape index (κ1) is 9.58. The maximum atomic E-state index is 5.05. The Balaban J connectivity index is 2.40. The summed E-state index contributed by atoms with van der Waals surface area (Å²) in [6, 6.07) is 3.75. The van der Waals surface area contributed by atoms with Gasteiger partial charge in [0.25, 0.3) is 0 Å². The summed E-state index contributed by atoms with van der Waals surface area (Å²) in [7, 11) is 1.59. The monoisotopic (exact) mass is 201 g/mol. The molecule has 2 heterocycles. The van der Waals surface area contributed by atoms with E-state index in [1.807, 2.05) is 19.1 Å². The maximum Gasteiger partial charge on any atom is 0.213 e. The molecule has 0 fully saturated rings. The predicted molar refractivity (Wildman–Crippen MR) is 56.6 cm³/mol. The van der Waals surface area contributed by atoms with E-state index >= 15 is 0 Å². The van der Waals surface area contributed by atoms with Gasteiger partial charge in [0.15, 0.2) is 0 Å². The molecule has 0 aliphatic heterocycles. The van der Waals surface area contributed by atoms with Crippen molar-refractivity contribution >= 4 is 0 Å². The molecule has 2 aromatic heterocycles. The second kappa shape index (κ2) is 4.04. The van der Waals surface area contributed by atoms with E-state index in [0.29, 0.717) is 5.88 Å². The molecular weight excluding hydrogens is 190 g/mol. The van der Waals surface area contributed by atoms with Gasteiger partial charge in [0.2, 0.25) is 5.88 Å². The van der Waals surface area contributed by atoms with Gasteiger partial charge in [-0.3, -0.25) is 0 Å². The zero-order valence-corrected chi connectivity index (χ0v) is 8.64. The first-order valence-corrected chi connectivity index (χ1v) is 4.58. The highest BCUT2D eigenvalue weighted by Gasteiger charge is 2.00. The summed E-state index contributed by atoms with van der Waals surface area (Å²) in [6.45, 7) is 1.86. The summed E-state index contributed by atoms with van der Waals surface area (Å²) in [6.07, 6.45) is 5.28. The molecule has 0 radical (unpaired) electrons. The van der Waals surface area contributed by atoms with Crippen LogP contribution in [-0.2, 0) is 0 Å². The van der Waals surface area contributed by atoms with Gasteiger partial charge in [-0.05, 0) is 18.6 Å². The third-order valence-electron chi connectivity index (χ3n) is 2.06. The van der Waals surface area contributed by atoms with Gasteiger partial charge in [-0.2, -0.15) is 0 Å². The average Bonchev–Trinajstić information content (AvgIpc) is 2.30. The van der Waals surface area contributed by atoms with E-state index in [2.05, 4.69) is 15.0 Å². The van der Waals surface area contributed by atoms with Gasteiger partial charge in [0.1, 0.15) is 5.82 Å². The van der Waals surface area contributed by atoms with E-state index in [4.69, 9.17) is 4.74 Å². The predicted octanol–water partition coefficient (Wildman–Crippen LogP) is 1.86. The first-order valence-electron chi connectivity index (χ1n) is 4.58. The fourth-order valence-corrected chi connectivity index (χ4v) is 1.24. The molecule has 15 heavy (non-hydrogen) atoms. The smallest absolute Gasteiger partial charge is 0.213 e. The fraction of sp³-hybridized carbons (Fsp3) is 0.182. The Morgan fingerprint density at radius 2 is 1.80 bits per heavy atom. The standard InChI is InChI=1S/C11H11N3O/c1-8-13-6-10(7-14-8)9-3-4-12-11(5-9)15-2/h3-7H,1-2H3. The van der Waals surface area contributed by atoms with Crippen LogP contribution in [0.3, 0.4) is 0 Å². The van der Waals surface area contributed by atoms with E-state index in [9.17, 15) is 0 Å². The van der Waals surface area contributed by atoms with Gasteiger partial charge in [-0.1, -0.05) is 0 Å². The van der Waals surface area contributed by atoms with Crippen molar-refractivity contribution in [3.05, 3.63) is 36.5 Å². The average molecular weight is 201 g/mol. The van der Waals surface area contributed by atoms with Crippen molar-refractivity contribution < 1.29 is 4.74 Å². The molecule has 0 aliphatic carbocycles. The highest BCUT2D eigenvalue weighted by Crippen LogP contribution is 2.20. The van der Waals surface area contributed by atoms with Crippen LogP contribution in [0, 0.1) is 6.92 Å². The minimum atomic E-state index is 0.591. The van der Waals surface area contributed by atoms with Crippen LogP contribution in [0.5, 0.6) is 5.88 Å². The molecule has 2 aromatic rings. The van der Waals surface area contributed by atoms with Crippen LogP contribution >= 0.6 is 0 Å². The van der Waals surface area contributed by atoms with Crippen LogP contribution in [0.2, 0.25) is 0 Å². The molecule has 0 spiro atoms. The molecule has 0 N–H and O–H groups in total. The summed E-state index contributed by atoms with van der Waals surface area (Å²) < 4.78 is 5.05. The molecule has 0 aliphatic rings. The lowest BCUT2D eigenvalue weighted by Crippen LogP contribution is -1.90. The second-order valence-corrected chi connectivity index (χ2v) is 3.11. The Morgan fingerprint density at radius 3 is 2.47 bits per heavy atom. The number of hydrogen-bond donors (Lipinski definition) is 0. The lowest BCUT2D eigenvalue weighted by Gasteiger charge is -2.02. The largest absolute Gasteiger partial charge is 0.481 e. The molecule has 0 saturated heterocycles. The van der Waals surface area contributed by atoms with Crippen molar-refractivity contribution in [1.82, 2.24) is 15.0 Å². The molecule has 0 aromatic carbocycles. The minimum absolute atomic E-state index is 0.591. The van der Waals surface area contributed by atoms with Crippen molar-refractivity contribution in [2.45, 2.75) is 6.92 Å². The van der Waals surface area contributed by atoms with Gasteiger partial charge in [0.05, 0.1) is 7.11 Å². The van der Waals surface area contributed by atoms with Crippen molar-refractivity contribution in [2.75, 3.05) is 7.11 Å².